The average molecular weight is 474 g/mol. The van der Waals surface area contributed by atoms with Crippen molar-refractivity contribution in [2.75, 3.05) is 6.54 Å². The standard InChI is InChI=1S/C30H27N5O/c1-30(2,18-31)22-9-11-23(12-10-22)35-28-24-15-19(21-14-20-6-4-5-7-25(20)32-16-21)8-13-26(24)33-17-27(28)34(3)29(35)36/h4-17H,18,31H2,1-3H3. The lowest BCUT2D eigenvalue weighted by Gasteiger charge is -2.23. The van der Waals surface area contributed by atoms with Crippen molar-refractivity contribution >= 4 is 32.8 Å². The Morgan fingerprint density at radius 2 is 1.61 bits per heavy atom. The van der Waals surface area contributed by atoms with Gasteiger partial charge >= 0.3 is 5.69 Å². The summed E-state index contributed by atoms with van der Waals surface area (Å²) in [4.78, 5) is 22.7. The number of hydrogen-bond donors (Lipinski definition) is 1. The van der Waals surface area contributed by atoms with Crippen molar-refractivity contribution in [1.82, 2.24) is 19.1 Å². The van der Waals surface area contributed by atoms with E-state index in [1.807, 2.05) is 42.6 Å². The molecule has 36 heavy (non-hydrogen) atoms. The van der Waals surface area contributed by atoms with E-state index in [-0.39, 0.29) is 11.1 Å². The minimum Gasteiger partial charge on any atom is -0.330 e. The number of imidazole rings is 1. The fraction of sp³-hybridized carbons (Fsp3) is 0.167. The molecule has 6 rings (SSSR count). The van der Waals surface area contributed by atoms with E-state index in [1.54, 1.807) is 22.4 Å². The molecule has 0 saturated heterocycles. The number of nitrogens with zero attached hydrogens (tertiary/aromatic N) is 4. The molecule has 0 aliphatic rings. The third-order valence-corrected chi connectivity index (χ3v) is 7.22. The van der Waals surface area contributed by atoms with E-state index >= 15 is 0 Å². The zero-order chi connectivity index (χ0) is 25.0. The maximum absolute atomic E-state index is 13.4. The van der Waals surface area contributed by atoms with Crippen molar-refractivity contribution in [2.24, 2.45) is 12.8 Å². The summed E-state index contributed by atoms with van der Waals surface area (Å²) < 4.78 is 3.44. The first-order chi connectivity index (χ1) is 17.4. The molecule has 3 aromatic heterocycles. The lowest BCUT2D eigenvalue weighted by molar-refractivity contribution is 0.539. The molecule has 0 spiro atoms. The lowest BCUT2D eigenvalue weighted by atomic mass is 9.85. The van der Waals surface area contributed by atoms with Crippen LogP contribution in [0.2, 0.25) is 0 Å². The van der Waals surface area contributed by atoms with Crippen molar-refractivity contribution in [1.29, 1.82) is 0 Å². The molecule has 0 radical (unpaired) electrons. The smallest absolute Gasteiger partial charge is 0.330 e. The fourth-order valence-electron chi connectivity index (χ4n) is 4.82. The largest absolute Gasteiger partial charge is 0.333 e. The first kappa shape index (κ1) is 22.2. The summed E-state index contributed by atoms with van der Waals surface area (Å²) >= 11 is 0. The molecule has 3 heterocycles. The molecular formula is C30H27N5O. The quantitative estimate of drug-likeness (QED) is 0.375. The van der Waals surface area contributed by atoms with Crippen LogP contribution < -0.4 is 11.4 Å². The van der Waals surface area contributed by atoms with Gasteiger partial charge in [-0.1, -0.05) is 50.2 Å². The van der Waals surface area contributed by atoms with E-state index in [4.69, 9.17) is 5.73 Å². The molecule has 6 heteroatoms. The van der Waals surface area contributed by atoms with Gasteiger partial charge in [0.2, 0.25) is 0 Å². The predicted molar refractivity (Wildman–Crippen MR) is 147 cm³/mol. The van der Waals surface area contributed by atoms with Gasteiger partial charge in [0, 0.05) is 41.5 Å². The summed E-state index contributed by atoms with van der Waals surface area (Å²) in [6.07, 6.45) is 3.67. The van der Waals surface area contributed by atoms with Crippen LogP contribution in [0, 0.1) is 0 Å². The molecule has 6 nitrogen and oxygen atoms in total. The third kappa shape index (κ3) is 3.41. The number of benzene rings is 3. The van der Waals surface area contributed by atoms with Crippen LogP contribution in [-0.2, 0) is 12.5 Å². The van der Waals surface area contributed by atoms with E-state index in [1.165, 1.54) is 0 Å². The van der Waals surface area contributed by atoms with Crippen LogP contribution in [0.15, 0.2) is 90.0 Å². The second-order valence-corrected chi connectivity index (χ2v) is 9.95. The number of aryl methyl sites for hydroxylation is 1. The first-order valence-electron chi connectivity index (χ1n) is 12.0. The van der Waals surface area contributed by atoms with Crippen molar-refractivity contribution < 1.29 is 0 Å². The highest BCUT2D eigenvalue weighted by atomic mass is 16.1. The van der Waals surface area contributed by atoms with Crippen molar-refractivity contribution in [3.05, 3.63) is 101 Å². The maximum atomic E-state index is 13.4. The number of nitrogens with two attached hydrogens (primary N) is 1. The molecule has 178 valence electrons. The summed E-state index contributed by atoms with van der Waals surface area (Å²) in [6, 6.07) is 24.5. The minimum atomic E-state index is -0.137. The number of para-hydroxylation sites is 1. The first-order valence-corrected chi connectivity index (χ1v) is 12.0. The lowest BCUT2D eigenvalue weighted by Crippen LogP contribution is -2.28. The Bertz CT molecular complexity index is 1830. The Kier molecular flexibility index (Phi) is 5.02. The van der Waals surface area contributed by atoms with Gasteiger partial charge in [-0.3, -0.25) is 19.1 Å². The molecule has 0 saturated carbocycles. The zero-order valence-electron chi connectivity index (χ0n) is 20.6. The summed E-state index contributed by atoms with van der Waals surface area (Å²) in [5.41, 5.74) is 13.1. The van der Waals surface area contributed by atoms with Gasteiger partial charge in [0.1, 0.15) is 0 Å². The molecule has 6 aromatic rings. The van der Waals surface area contributed by atoms with Crippen LogP contribution in [0.3, 0.4) is 0 Å². The van der Waals surface area contributed by atoms with E-state index < -0.39 is 0 Å². The van der Waals surface area contributed by atoms with Gasteiger partial charge in [0.05, 0.1) is 34.0 Å². The molecule has 0 unspecified atom stereocenters. The van der Waals surface area contributed by atoms with Gasteiger partial charge in [-0.15, -0.1) is 0 Å². The summed E-state index contributed by atoms with van der Waals surface area (Å²) in [7, 11) is 1.79. The van der Waals surface area contributed by atoms with Crippen LogP contribution in [0.4, 0.5) is 0 Å². The molecule has 0 bridgehead atoms. The van der Waals surface area contributed by atoms with Crippen LogP contribution >= 0.6 is 0 Å². The number of fused-ring (bicyclic) bond motifs is 4. The minimum absolute atomic E-state index is 0.108. The number of rotatable bonds is 4. The molecule has 2 N–H and O–H groups in total. The van der Waals surface area contributed by atoms with E-state index in [2.05, 4.69) is 60.2 Å². The molecule has 0 aliphatic carbocycles. The maximum Gasteiger partial charge on any atom is 0.333 e. The Balaban J connectivity index is 1.58. The molecule has 0 atom stereocenters. The highest BCUT2D eigenvalue weighted by Crippen LogP contribution is 2.31. The number of pyridine rings is 2. The van der Waals surface area contributed by atoms with Crippen LogP contribution in [0.1, 0.15) is 19.4 Å². The van der Waals surface area contributed by atoms with E-state index in [9.17, 15) is 4.79 Å². The second-order valence-electron chi connectivity index (χ2n) is 9.95. The predicted octanol–water partition coefficient (Wildman–Crippen LogP) is 5.33. The number of aromatic nitrogens is 4. The van der Waals surface area contributed by atoms with Crippen molar-refractivity contribution in [3.63, 3.8) is 0 Å². The Labute approximate surface area is 208 Å². The van der Waals surface area contributed by atoms with Crippen LogP contribution in [-0.4, -0.2) is 25.6 Å². The molecule has 0 aliphatic heterocycles. The normalized spacial score (nSPS) is 12.1. The molecule has 0 amide bonds. The fourth-order valence-corrected chi connectivity index (χ4v) is 4.82. The van der Waals surface area contributed by atoms with Crippen LogP contribution in [0.5, 0.6) is 0 Å². The van der Waals surface area contributed by atoms with Gasteiger partial charge in [-0.2, -0.15) is 0 Å². The second kappa shape index (κ2) is 8.14. The summed E-state index contributed by atoms with van der Waals surface area (Å²) in [5.74, 6) is 0. The van der Waals surface area contributed by atoms with Gasteiger partial charge in [0.15, 0.2) is 0 Å². The van der Waals surface area contributed by atoms with Crippen LogP contribution in [0.25, 0.3) is 49.7 Å². The highest BCUT2D eigenvalue weighted by Gasteiger charge is 2.20. The summed E-state index contributed by atoms with van der Waals surface area (Å²) in [5, 5.41) is 2.01. The van der Waals surface area contributed by atoms with Gasteiger partial charge < -0.3 is 5.73 Å². The van der Waals surface area contributed by atoms with Gasteiger partial charge in [0.25, 0.3) is 0 Å². The van der Waals surface area contributed by atoms with Gasteiger partial charge in [-0.25, -0.2) is 4.79 Å². The summed E-state index contributed by atoms with van der Waals surface area (Å²) in [6.45, 7) is 4.78. The Hall–Kier alpha value is -4.29. The molecule has 3 aromatic carbocycles. The van der Waals surface area contributed by atoms with E-state index in [0.29, 0.717) is 6.54 Å². The monoisotopic (exact) mass is 473 g/mol. The highest BCUT2D eigenvalue weighted by molar-refractivity contribution is 6.04. The zero-order valence-corrected chi connectivity index (χ0v) is 20.6. The molecule has 0 fully saturated rings. The molecular weight excluding hydrogens is 446 g/mol. The Morgan fingerprint density at radius 1 is 0.861 bits per heavy atom. The Morgan fingerprint density at radius 3 is 2.39 bits per heavy atom. The number of hydrogen-bond acceptors (Lipinski definition) is 4. The third-order valence-electron chi connectivity index (χ3n) is 7.22. The van der Waals surface area contributed by atoms with Gasteiger partial charge in [-0.05, 0) is 47.5 Å². The SMILES string of the molecule is Cn1c(=O)n(-c2ccc(C(C)(C)CN)cc2)c2c3cc(-c4cnc5ccccc5c4)ccc3ncc21. The topological polar surface area (TPSA) is 78.7 Å². The van der Waals surface area contributed by atoms with E-state index in [0.717, 1.165) is 55.2 Å². The van der Waals surface area contributed by atoms with Crippen molar-refractivity contribution in [3.8, 4) is 16.8 Å². The van der Waals surface area contributed by atoms with Crippen molar-refractivity contribution in [2.45, 2.75) is 19.3 Å². The average Bonchev–Trinajstić information content (AvgIpc) is 3.18.